The second kappa shape index (κ2) is 8.33. The van der Waals surface area contributed by atoms with Gasteiger partial charge in [0.15, 0.2) is 0 Å². The molecule has 0 atom stereocenters. The summed E-state index contributed by atoms with van der Waals surface area (Å²) in [6, 6.07) is 5.69. The van der Waals surface area contributed by atoms with E-state index in [4.69, 9.17) is 23.2 Å². The summed E-state index contributed by atoms with van der Waals surface area (Å²) in [5.41, 5.74) is -1.17. The SMILES string of the molecule is O=C(c1ccc(F)cc1Cl)N1CCN(S(=O)(=O)c2ccc(Cl)c(C(F)(F)F)c2)CC1. The highest BCUT2D eigenvalue weighted by atomic mass is 35.5. The minimum atomic E-state index is -4.80. The number of hydrogen-bond acceptors (Lipinski definition) is 3. The Balaban J connectivity index is 1.76. The van der Waals surface area contributed by atoms with Gasteiger partial charge in [0.05, 0.1) is 26.1 Å². The highest BCUT2D eigenvalue weighted by molar-refractivity contribution is 7.89. The lowest BCUT2D eigenvalue weighted by molar-refractivity contribution is -0.137. The number of halogens is 6. The molecule has 162 valence electrons. The van der Waals surface area contributed by atoms with E-state index in [1.54, 1.807) is 0 Å². The van der Waals surface area contributed by atoms with E-state index >= 15 is 0 Å². The molecule has 1 amide bonds. The number of hydrogen-bond donors (Lipinski definition) is 0. The van der Waals surface area contributed by atoms with Crippen LogP contribution in [0.2, 0.25) is 10.0 Å². The third kappa shape index (κ3) is 4.56. The van der Waals surface area contributed by atoms with Gasteiger partial charge < -0.3 is 4.90 Å². The molecule has 1 aliphatic heterocycles. The molecule has 0 radical (unpaired) electrons. The molecule has 0 N–H and O–H groups in total. The fraction of sp³-hybridized carbons (Fsp3) is 0.278. The van der Waals surface area contributed by atoms with Gasteiger partial charge in [0.2, 0.25) is 10.0 Å². The lowest BCUT2D eigenvalue weighted by Gasteiger charge is -2.34. The first-order valence-corrected chi connectivity index (χ1v) is 10.7. The summed E-state index contributed by atoms with van der Waals surface area (Å²) in [5.74, 6) is -1.10. The summed E-state index contributed by atoms with van der Waals surface area (Å²) in [6.45, 7) is -0.273. The van der Waals surface area contributed by atoms with Gasteiger partial charge in [-0.3, -0.25) is 4.79 Å². The molecule has 3 rings (SSSR count). The van der Waals surface area contributed by atoms with Crippen LogP contribution in [0.3, 0.4) is 0 Å². The number of nitrogens with zero attached hydrogens (tertiary/aromatic N) is 2. The van der Waals surface area contributed by atoms with Crippen molar-refractivity contribution in [2.24, 2.45) is 0 Å². The van der Waals surface area contributed by atoms with Crippen molar-refractivity contribution in [1.29, 1.82) is 0 Å². The quantitative estimate of drug-likeness (QED) is 0.610. The average Bonchev–Trinajstić information content (AvgIpc) is 2.67. The molecule has 30 heavy (non-hydrogen) atoms. The Morgan fingerprint density at radius 2 is 1.57 bits per heavy atom. The van der Waals surface area contributed by atoms with Crippen LogP contribution in [-0.2, 0) is 16.2 Å². The van der Waals surface area contributed by atoms with Gasteiger partial charge in [0.25, 0.3) is 5.91 Å². The zero-order valence-corrected chi connectivity index (χ0v) is 17.4. The van der Waals surface area contributed by atoms with E-state index < -0.39 is 43.4 Å². The monoisotopic (exact) mass is 484 g/mol. The molecule has 0 aliphatic carbocycles. The van der Waals surface area contributed by atoms with Crippen molar-refractivity contribution in [2.75, 3.05) is 26.2 Å². The minimum Gasteiger partial charge on any atom is -0.336 e. The van der Waals surface area contributed by atoms with E-state index in [1.807, 2.05) is 0 Å². The van der Waals surface area contributed by atoms with Crippen LogP contribution >= 0.6 is 23.2 Å². The van der Waals surface area contributed by atoms with Crippen molar-refractivity contribution in [1.82, 2.24) is 9.21 Å². The first-order chi connectivity index (χ1) is 13.9. The summed E-state index contributed by atoms with van der Waals surface area (Å²) in [5, 5.41) is -0.677. The van der Waals surface area contributed by atoms with Crippen molar-refractivity contribution < 1.29 is 30.8 Å². The Morgan fingerprint density at radius 3 is 2.13 bits per heavy atom. The van der Waals surface area contributed by atoms with Crippen molar-refractivity contribution in [3.8, 4) is 0 Å². The molecule has 1 aliphatic rings. The molecule has 0 unspecified atom stereocenters. The van der Waals surface area contributed by atoms with Crippen molar-refractivity contribution in [3.63, 3.8) is 0 Å². The standard InChI is InChI=1S/C18H14Cl2F4N2O3S/c19-15-4-2-12(10-14(15)18(22,23)24)30(28,29)26-7-5-25(6-8-26)17(27)13-3-1-11(21)9-16(13)20/h1-4,9-10H,5-8H2. The van der Waals surface area contributed by atoms with E-state index in [1.165, 1.54) is 11.0 Å². The molecular formula is C18H14Cl2F4N2O3S. The van der Waals surface area contributed by atoms with Crippen LogP contribution in [0, 0.1) is 5.82 Å². The van der Waals surface area contributed by atoms with Crippen molar-refractivity contribution in [3.05, 3.63) is 63.4 Å². The maximum absolute atomic E-state index is 13.2. The highest BCUT2D eigenvalue weighted by Crippen LogP contribution is 2.36. The van der Waals surface area contributed by atoms with Crippen LogP contribution < -0.4 is 0 Å². The fourth-order valence-electron chi connectivity index (χ4n) is 3.00. The average molecular weight is 485 g/mol. The van der Waals surface area contributed by atoms with Crippen LogP contribution in [0.25, 0.3) is 0 Å². The third-order valence-corrected chi connectivity index (χ3v) is 7.11. The number of alkyl halides is 3. The largest absolute Gasteiger partial charge is 0.417 e. The van der Waals surface area contributed by atoms with Gasteiger partial charge >= 0.3 is 6.18 Å². The number of carbonyl (C=O) groups is 1. The van der Waals surface area contributed by atoms with Crippen molar-refractivity contribution in [2.45, 2.75) is 11.1 Å². The number of rotatable bonds is 3. The summed E-state index contributed by atoms with van der Waals surface area (Å²) in [7, 11) is -4.23. The van der Waals surface area contributed by atoms with E-state index in [0.29, 0.717) is 6.07 Å². The Hall–Kier alpha value is -1.88. The van der Waals surface area contributed by atoms with Crippen LogP contribution in [-0.4, -0.2) is 49.7 Å². The Kier molecular flexibility index (Phi) is 6.33. The first kappa shape index (κ1) is 22.8. The van der Waals surface area contributed by atoms with Crippen LogP contribution in [0.4, 0.5) is 17.6 Å². The Labute approximate surface area is 179 Å². The second-order valence-electron chi connectivity index (χ2n) is 6.46. The van der Waals surface area contributed by atoms with Gasteiger partial charge in [0, 0.05) is 26.2 Å². The lowest BCUT2D eigenvalue weighted by Crippen LogP contribution is -2.50. The molecule has 0 aromatic heterocycles. The number of carbonyl (C=O) groups excluding carboxylic acids is 1. The van der Waals surface area contributed by atoms with Gasteiger partial charge in [-0.25, -0.2) is 12.8 Å². The smallest absolute Gasteiger partial charge is 0.336 e. The van der Waals surface area contributed by atoms with E-state index in [2.05, 4.69) is 0 Å². The van der Waals surface area contributed by atoms with Gasteiger partial charge in [0.1, 0.15) is 5.82 Å². The molecule has 0 saturated carbocycles. The van der Waals surface area contributed by atoms with Crippen molar-refractivity contribution >= 4 is 39.1 Å². The fourth-order valence-corrected chi connectivity index (χ4v) is 4.92. The third-order valence-electron chi connectivity index (χ3n) is 4.57. The molecule has 1 fully saturated rings. The summed E-state index contributed by atoms with van der Waals surface area (Å²) in [4.78, 5) is 13.4. The molecule has 1 heterocycles. The molecule has 0 spiro atoms. The summed E-state index contributed by atoms with van der Waals surface area (Å²) in [6.07, 6.45) is -4.80. The number of benzene rings is 2. The zero-order valence-electron chi connectivity index (χ0n) is 15.1. The van der Waals surface area contributed by atoms with Crippen LogP contribution in [0.1, 0.15) is 15.9 Å². The summed E-state index contributed by atoms with van der Waals surface area (Å²) < 4.78 is 78.8. The molecule has 5 nitrogen and oxygen atoms in total. The molecule has 12 heteroatoms. The highest BCUT2D eigenvalue weighted by Gasteiger charge is 2.36. The van der Waals surface area contributed by atoms with Gasteiger partial charge in [-0.05, 0) is 36.4 Å². The van der Waals surface area contributed by atoms with E-state index in [9.17, 15) is 30.8 Å². The number of sulfonamides is 1. The van der Waals surface area contributed by atoms with Gasteiger partial charge in [-0.15, -0.1) is 0 Å². The lowest BCUT2D eigenvalue weighted by atomic mass is 10.2. The second-order valence-corrected chi connectivity index (χ2v) is 9.21. The van der Waals surface area contributed by atoms with E-state index in [0.717, 1.165) is 28.6 Å². The van der Waals surface area contributed by atoms with Crippen LogP contribution in [0.15, 0.2) is 41.3 Å². The maximum atomic E-state index is 13.2. The van der Waals surface area contributed by atoms with E-state index in [-0.39, 0.29) is 36.8 Å². The topological polar surface area (TPSA) is 57.7 Å². The molecule has 2 aromatic carbocycles. The number of piperazine rings is 1. The Bertz CT molecular complexity index is 1090. The Morgan fingerprint density at radius 1 is 0.933 bits per heavy atom. The summed E-state index contributed by atoms with van der Waals surface area (Å²) >= 11 is 11.4. The zero-order chi connectivity index (χ0) is 22.3. The molecule has 0 bridgehead atoms. The number of amides is 1. The maximum Gasteiger partial charge on any atom is 0.417 e. The first-order valence-electron chi connectivity index (χ1n) is 8.52. The predicted molar refractivity (Wildman–Crippen MR) is 103 cm³/mol. The van der Waals surface area contributed by atoms with Crippen LogP contribution in [0.5, 0.6) is 0 Å². The molecule has 1 saturated heterocycles. The van der Waals surface area contributed by atoms with Gasteiger partial charge in [-0.1, -0.05) is 23.2 Å². The predicted octanol–water partition coefficient (Wildman–Crippen LogP) is 4.30. The normalized spacial score (nSPS) is 16.0. The molecular weight excluding hydrogens is 471 g/mol. The van der Waals surface area contributed by atoms with Gasteiger partial charge in [-0.2, -0.15) is 17.5 Å². The minimum absolute atomic E-state index is 0.00845. The molecule has 2 aromatic rings.